The Bertz CT molecular complexity index is 1510. The molecule has 0 bridgehead atoms. The van der Waals surface area contributed by atoms with E-state index in [-0.39, 0.29) is 23.0 Å². The molecular weight excluding hydrogens is 507 g/mol. The molecule has 37 heavy (non-hydrogen) atoms. The Morgan fingerprint density at radius 2 is 1.81 bits per heavy atom. The molecule has 0 fully saturated rings. The van der Waals surface area contributed by atoms with Gasteiger partial charge in [-0.2, -0.15) is 13.2 Å². The highest BCUT2D eigenvalue weighted by Gasteiger charge is 2.28. The maximum Gasteiger partial charge on any atom is 0.422 e. The molecule has 2 heterocycles. The van der Waals surface area contributed by atoms with E-state index in [1.54, 1.807) is 55.5 Å². The number of ether oxygens (including phenoxy) is 1. The van der Waals surface area contributed by atoms with Crippen LogP contribution >= 0.6 is 0 Å². The molecule has 1 N–H and O–H groups in total. The van der Waals surface area contributed by atoms with Crippen LogP contribution in [0.4, 0.5) is 13.2 Å². The van der Waals surface area contributed by atoms with Crippen LogP contribution in [-0.2, 0) is 21.2 Å². The number of halogens is 3. The molecule has 4 rings (SSSR count). The zero-order valence-corrected chi connectivity index (χ0v) is 20.8. The topological polar surface area (TPSA) is 90.3 Å². The minimum Gasteiger partial charge on any atom is -0.483 e. The number of aryl methyl sites for hydroxylation is 1. The third-order valence-corrected chi connectivity index (χ3v) is 7.35. The van der Waals surface area contributed by atoms with Crippen molar-refractivity contribution in [2.45, 2.75) is 37.4 Å². The van der Waals surface area contributed by atoms with Crippen LogP contribution in [0.1, 0.15) is 29.8 Å². The molecule has 1 amide bonds. The summed E-state index contributed by atoms with van der Waals surface area (Å²) in [4.78, 5) is 16.9. The van der Waals surface area contributed by atoms with Crippen LogP contribution in [0.25, 0.3) is 10.9 Å². The number of hydrogen-bond acceptors (Lipinski definition) is 5. The molecule has 11 heteroatoms. The van der Waals surface area contributed by atoms with Gasteiger partial charge in [-0.15, -0.1) is 0 Å². The minimum absolute atomic E-state index is 0.0111. The molecule has 7 nitrogen and oxygen atoms in total. The fourth-order valence-electron chi connectivity index (χ4n) is 3.74. The summed E-state index contributed by atoms with van der Waals surface area (Å²) >= 11 is 0. The summed E-state index contributed by atoms with van der Waals surface area (Å²) in [6.07, 6.45) is -1.81. The minimum atomic E-state index is -4.45. The van der Waals surface area contributed by atoms with Crippen molar-refractivity contribution in [1.82, 2.24) is 14.3 Å². The van der Waals surface area contributed by atoms with E-state index < -0.39 is 28.8 Å². The van der Waals surface area contributed by atoms with E-state index in [0.29, 0.717) is 22.2 Å². The van der Waals surface area contributed by atoms with Crippen molar-refractivity contribution in [2.24, 2.45) is 0 Å². The zero-order valence-electron chi connectivity index (χ0n) is 20.0. The van der Waals surface area contributed by atoms with Gasteiger partial charge in [-0.05, 0) is 55.8 Å². The van der Waals surface area contributed by atoms with Gasteiger partial charge < -0.3 is 10.1 Å². The summed E-state index contributed by atoms with van der Waals surface area (Å²) in [5.74, 6) is -0.359. The number of rotatable bonds is 8. The van der Waals surface area contributed by atoms with Crippen molar-refractivity contribution >= 4 is 26.8 Å². The van der Waals surface area contributed by atoms with Gasteiger partial charge in [-0.25, -0.2) is 12.4 Å². The van der Waals surface area contributed by atoms with E-state index in [4.69, 9.17) is 0 Å². The molecule has 1 atom stereocenters. The number of alkyl halides is 3. The van der Waals surface area contributed by atoms with E-state index in [9.17, 15) is 26.4 Å². The first-order valence-corrected chi connectivity index (χ1v) is 12.7. The van der Waals surface area contributed by atoms with Crippen molar-refractivity contribution in [3.63, 3.8) is 0 Å². The smallest absolute Gasteiger partial charge is 0.422 e. The van der Waals surface area contributed by atoms with Crippen molar-refractivity contribution in [3.8, 4) is 5.75 Å². The zero-order chi connectivity index (χ0) is 26.8. The van der Waals surface area contributed by atoms with Crippen molar-refractivity contribution in [2.75, 3.05) is 6.61 Å². The predicted molar refractivity (Wildman–Crippen MR) is 132 cm³/mol. The van der Waals surface area contributed by atoms with E-state index in [2.05, 4.69) is 15.0 Å². The molecule has 2 aromatic carbocycles. The van der Waals surface area contributed by atoms with Gasteiger partial charge in [0.1, 0.15) is 5.75 Å². The fraction of sp³-hybridized carbons (Fsp3) is 0.231. The second kappa shape index (κ2) is 10.3. The van der Waals surface area contributed by atoms with Crippen LogP contribution in [0.2, 0.25) is 0 Å². The molecule has 0 aliphatic rings. The first-order valence-electron chi connectivity index (χ1n) is 11.3. The Labute approximate surface area is 212 Å². The number of benzene rings is 2. The summed E-state index contributed by atoms with van der Waals surface area (Å²) < 4.78 is 69.1. The summed E-state index contributed by atoms with van der Waals surface area (Å²) in [5, 5.41) is 3.50. The second-order valence-electron chi connectivity index (χ2n) is 8.61. The monoisotopic (exact) mass is 531 g/mol. The molecule has 2 aromatic heterocycles. The highest BCUT2D eigenvalue weighted by molar-refractivity contribution is 7.90. The number of nitrogens with one attached hydrogen (secondary N) is 1. The van der Waals surface area contributed by atoms with Crippen LogP contribution in [0.3, 0.4) is 0 Å². The Hall–Kier alpha value is -3.86. The van der Waals surface area contributed by atoms with E-state index >= 15 is 0 Å². The summed E-state index contributed by atoms with van der Waals surface area (Å²) in [6, 6.07) is 15.7. The molecular formula is C26H24F3N3O4S. The maximum absolute atomic E-state index is 13.2. The molecule has 4 aromatic rings. The van der Waals surface area contributed by atoms with Crippen molar-refractivity contribution in [3.05, 3.63) is 89.9 Å². The lowest BCUT2D eigenvalue weighted by molar-refractivity contribution is -0.153. The van der Waals surface area contributed by atoms with Gasteiger partial charge in [0.05, 0.1) is 34.8 Å². The average molecular weight is 532 g/mol. The lowest BCUT2D eigenvalue weighted by atomic mass is 10.1. The first-order chi connectivity index (χ1) is 17.4. The van der Waals surface area contributed by atoms with Crippen LogP contribution < -0.4 is 10.1 Å². The molecule has 194 valence electrons. The number of hydrogen-bond donors (Lipinski definition) is 1. The van der Waals surface area contributed by atoms with Crippen LogP contribution in [-0.4, -0.2) is 36.1 Å². The summed E-state index contributed by atoms with van der Waals surface area (Å²) in [5.41, 5.74) is 2.45. The largest absolute Gasteiger partial charge is 0.483 e. The van der Waals surface area contributed by atoms with Gasteiger partial charge in [0, 0.05) is 11.6 Å². The number of aromatic nitrogens is 2. The van der Waals surface area contributed by atoms with Gasteiger partial charge in [0.15, 0.2) is 6.61 Å². The Kier molecular flexibility index (Phi) is 7.26. The average Bonchev–Trinajstić information content (AvgIpc) is 3.27. The number of carbonyl (C=O) groups excluding carboxylic acids is 1. The predicted octanol–water partition coefficient (Wildman–Crippen LogP) is 4.94. The van der Waals surface area contributed by atoms with Crippen LogP contribution in [0.15, 0.2) is 78.0 Å². The van der Waals surface area contributed by atoms with Crippen molar-refractivity contribution in [1.29, 1.82) is 0 Å². The quantitative estimate of drug-likeness (QED) is 0.348. The number of amides is 1. The van der Waals surface area contributed by atoms with Crippen molar-refractivity contribution < 1.29 is 31.1 Å². The molecule has 0 spiro atoms. The standard InChI is InChI=1S/C26H24F3N3O4S/c1-17-3-8-22(9-4-17)37(34,35)32-12-11-20-6-5-19(13-24(20)32)14-25(33)31-18(2)23-10-7-21(15-30-23)36-16-26(27,28)29/h3-13,15,18H,14,16H2,1-2H3,(H,31,33)/t18-/m1/s1. The molecule has 0 radical (unpaired) electrons. The van der Waals surface area contributed by atoms with Gasteiger partial charge >= 0.3 is 6.18 Å². The number of pyridine rings is 1. The van der Waals surface area contributed by atoms with Crippen LogP contribution in [0.5, 0.6) is 5.75 Å². The Morgan fingerprint density at radius 1 is 1.08 bits per heavy atom. The molecule has 0 saturated carbocycles. The maximum atomic E-state index is 13.2. The molecule has 0 saturated heterocycles. The molecule has 0 aliphatic carbocycles. The fourth-order valence-corrected chi connectivity index (χ4v) is 5.09. The Morgan fingerprint density at radius 3 is 2.46 bits per heavy atom. The second-order valence-corrected chi connectivity index (χ2v) is 10.4. The molecule has 0 aliphatic heterocycles. The van der Waals surface area contributed by atoms with E-state index in [1.807, 2.05) is 6.92 Å². The normalized spacial score (nSPS) is 12.9. The lowest BCUT2D eigenvalue weighted by Crippen LogP contribution is -2.28. The van der Waals surface area contributed by atoms with E-state index in [1.165, 1.54) is 28.5 Å². The highest BCUT2D eigenvalue weighted by Crippen LogP contribution is 2.24. The lowest BCUT2D eigenvalue weighted by Gasteiger charge is -2.15. The number of carbonyl (C=O) groups is 1. The highest BCUT2D eigenvalue weighted by atomic mass is 32.2. The summed E-state index contributed by atoms with van der Waals surface area (Å²) in [7, 11) is -3.82. The van der Waals surface area contributed by atoms with Gasteiger partial charge in [0.2, 0.25) is 5.91 Å². The third-order valence-electron chi connectivity index (χ3n) is 5.65. The van der Waals surface area contributed by atoms with Gasteiger partial charge in [0.25, 0.3) is 10.0 Å². The number of nitrogens with zero attached hydrogens (tertiary/aromatic N) is 2. The number of fused-ring (bicyclic) bond motifs is 1. The van der Waals surface area contributed by atoms with Gasteiger partial charge in [-0.3, -0.25) is 9.78 Å². The summed E-state index contributed by atoms with van der Waals surface area (Å²) in [6.45, 7) is 2.15. The van der Waals surface area contributed by atoms with Gasteiger partial charge in [-0.1, -0.05) is 29.8 Å². The third kappa shape index (κ3) is 6.29. The molecule has 0 unspecified atom stereocenters. The van der Waals surface area contributed by atoms with Crippen LogP contribution in [0, 0.1) is 6.92 Å². The first kappa shape index (κ1) is 26.2. The van der Waals surface area contributed by atoms with E-state index in [0.717, 1.165) is 5.56 Å². The Balaban J connectivity index is 1.45. The SMILES string of the molecule is Cc1ccc(S(=O)(=O)n2ccc3ccc(CC(=O)N[C@H](C)c4ccc(OCC(F)(F)F)cn4)cc32)cc1.